The first-order valence-corrected chi connectivity index (χ1v) is 10.5. The molecule has 1 aliphatic rings. The van der Waals surface area contributed by atoms with Crippen molar-refractivity contribution >= 4 is 17.5 Å². The highest BCUT2D eigenvalue weighted by Gasteiger charge is 2.29. The molecule has 0 radical (unpaired) electrons. The van der Waals surface area contributed by atoms with Crippen LogP contribution in [0.3, 0.4) is 0 Å². The van der Waals surface area contributed by atoms with E-state index in [-0.39, 0.29) is 23.8 Å². The average molecular weight is 394 g/mol. The van der Waals surface area contributed by atoms with Gasteiger partial charge in [0.15, 0.2) is 0 Å². The number of anilines is 1. The van der Waals surface area contributed by atoms with Gasteiger partial charge in [0, 0.05) is 18.2 Å². The second-order valence-electron chi connectivity index (χ2n) is 7.69. The third-order valence-electron chi connectivity index (χ3n) is 5.69. The summed E-state index contributed by atoms with van der Waals surface area (Å²) in [6.45, 7) is 6.08. The summed E-state index contributed by atoms with van der Waals surface area (Å²) in [6, 6.07) is 18.0. The van der Waals surface area contributed by atoms with Gasteiger partial charge in [-0.05, 0) is 63.4 Å². The molecule has 29 heavy (non-hydrogen) atoms. The number of rotatable bonds is 7. The number of benzene rings is 2. The number of para-hydroxylation sites is 1. The number of hydrogen-bond acceptors (Lipinski definition) is 3. The molecule has 2 aromatic rings. The highest BCUT2D eigenvalue weighted by atomic mass is 16.2. The van der Waals surface area contributed by atoms with Gasteiger partial charge in [0.25, 0.3) is 0 Å². The molecule has 154 valence electrons. The van der Waals surface area contributed by atoms with Crippen molar-refractivity contribution in [1.82, 2.24) is 10.2 Å². The van der Waals surface area contributed by atoms with Crippen molar-refractivity contribution in [2.24, 2.45) is 5.92 Å². The number of carbonyl (C=O) groups is 2. The third-order valence-corrected chi connectivity index (χ3v) is 5.69. The third kappa shape index (κ3) is 5.67. The Morgan fingerprint density at radius 2 is 1.69 bits per heavy atom. The quantitative estimate of drug-likeness (QED) is 0.757. The predicted molar refractivity (Wildman–Crippen MR) is 117 cm³/mol. The van der Waals surface area contributed by atoms with Gasteiger partial charge in [-0.3, -0.25) is 14.5 Å². The summed E-state index contributed by atoms with van der Waals surface area (Å²) in [5.41, 5.74) is 3.19. The van der Waals surface area contributed by atoms with Crippen LogP contribution in [-0.4, -0.2) is 42.4 Å². The fourth-order valence-corrected chi connectivity index (χ4v) is 3.88. The molecule has 2 aromatic carbocycles. The Balaban J connectivity index is 1.59. The zero-order chi connectivity index (χ0) is 20.6. The van der Waals surface area contributed by atoms with Crippen LogP contribution in [0.2, 0.25) is 0 Å². The fraction of sp³-hybridized carbons (Fsp3) is 0.417. The summed E-state index contributed by atoms with van der Waals surface area (Å²) >= 11 is 0. The van der Waals surface area contributed by atoms with E-state index in [2.05, 4.69) is 33.7 Å². The predicted octanol–water partition coefficient (Wildman–Crippen LogP) is 3.45. The summed E-state index contributed by atoms with van der Waals surface area (Å²) < 4.78 is 0. The molecule has 1 unspecified atom stereocenters. The maximum Gasteiger partial charge on any atom is 0.241 e. The molecule has 1 fully saturated rings. The van der Waals surface area contributed by atoms with Gasteiger partial charge in [0.1, 0.15) is 0 Å². The first-order valence-electron chi connectivity index (χ1n) is 10.5. The van der Waals surface area contributed by atoms with E-state index in [4.69, 9.17) is 0 Å². The van der Waals surface area contributed by atoms with Crippen molar-refractivity contribution in [3.63, 3.8) is 0 Å². The van der Waals surface area contributed by atoms with Crippen molar-refractivity contribution in [2.75, 3.05) is 25.0 Å². The Bertz CT molecular complexity index is 814. The maximum absolute atomic E-state index is 12.9. The van der Waals surface area contributed by atoms with Crippen LogP contribution in [-0.2, 0) is 16.0 Å². The second-order valence-corrected chi connectivity index (χ2v) is 7.69. The molecule has 0 bridgehead atoms. The molecule has 0 saturated carbocycles. The molecule has 0 aromatic heterocycles. The standard InChI is InChI=1S/C24H31N3O2/c1-3-25-24(29)20-13-15-27(16-14-20)18(2)23(28)26-22-12-8-7-11-21(22)17-19-9-5-4-6-10-19/h4-12,18,20H,3,13-17H2,1-2H3,(H,25,29)(H,26,28). The second kappa shape index (κ2) is 10.2. The lowest BCUT2D eigenvalue weighted by Crippen LogP contribution is -2.48. The molecular formula is C24H31N3O2. The number of nitrogens with zero attached hydrogens (tertiary/aromatic N) is 1. The van der Waals surface area contributed by atoms with E-state index in [0.29, 0.717) is 6.54 Å². The van der Waals surface area contributed by atoms with Crippen LogP contribution < -0.4 is 10.6 Å². The molecule has 0 spiro atoms. The Hall–Kier alpha value is -2.66. The number of likely N-dealkylation sites (tertiary alicyclic amines) is 1. The molecule has 1 aliphatic heterocycles. The smallest absolute Gasteiger partial charge is 0.241 e. The molecule has 5 heteroatoms. The van der Waals surface area contributed by atoms with Crippen LogP contribution in [0.15, 0.2) is 54.6 Å². The number of nitrogens with one attached hydrogen (secondary N) is 2. The lowest BCUT2D eigenvalue weighted by Gasteiger charge is -2.34. The van der Waals surface area contributed by atoms with Crippen molar-refractivity contribution in [3.8, 4) is 0 Å². The molecule has 5 nitrogen and oxygen atoms in total. The summed E-state index contributed by atoms with van der Waals surface area (Å²) in [5.74, 6) is 0.203. The van der Waals surface area contributed by atoms with Crippen LogP contribution in [0.5, 0.6) is 0 Å². The van der Waals surface area contributed by atoms with Gasteiger partial charge < -0.3 is 10.6 Å². The van der Waals surface area contributed by atoms with E-state index >= 15 is 0 Å². The van der Waals surface area contributed by atoms with Crippen LogP contribution >= 0.6 is 0 Å². The molecular weight excluding hydrogens is 362 g/mol. The van der Waals surface area contributed by atoms with Gasteiger partial charge >= 0.3 is 0 Å². The van der Waals surface area contributed by atoms with E-state index < -0.39 is 0 Å². The SMILES string of the molecule is CCNC(=O)C1CCN(C(C)C(=O)Nc2ccccc2Cc2ccccc2)CC1. The number of amides is 2. The van der Waals surface area contributed by atoms with E-state index in [1.54, 1.807) is 0 Å². The van der Waals surface area contributed by atoms with E-state index in [1.807, 2.05) is 50.2 Å². The lowest BCUT2D eigenvalue weighted by molar-refractivity contribution is -0.127. The highest BCUT2D eigenvalue weighted by molar-refractivity contribution is 5.95. The molecule has 1 atom stereocenters. The van der Waals surface area contributed by atoms with Crippen molar-refractivity contribution in [2.45, 2.75) is 39.2 Å². The topological polar surface area (TPSA) is 61.4 Å². The Kier molecular flexibility index (Phi) is 7.42. The van der Waals surface area contributed by atoms with Crippen LogP contribution in [0.1, 0.15) is 37.8 Å². The van der Waals surface area contributed by atoms with Gasteiger partial charge in [0.2, 0.25) is 11.8 Å². The van der Waals surface area contributed by atoms with E-state index in [0.717, 1.165) is 43.6 Å². The number of hydrogen-bond donors (Lipinski definition) is 2. The minimum atomic E-state index is -0.227. The first-order chi connectivity index (χ1) is 14.1. The zero-order valence-corrected chi connectivity index (χ0v) is 17.4. The molecule has 2 N–H and O–H groups in total. The molecule has 3 rings (SSSR count). The zero-order valence-electron chi connectivity index (χ0n) is 17.4. The molecule has 1 saturated heterocycles. The summed E-state index contributed by atoms with van der Waals surface area (Å²) in [4.78, 5) is 27.1. The van der Waals surface area contributed by atoms with Crippen molar-refractivity contribution < 1.29 is 9.59 Å². The minimum Gasteiger partial charge on any atom is -0.356 e. The Labute approximate surface area is 173 Å². The summed E-state index contributed by atoms with van der Waals surface area (Å²) in [7, 11) is 0. The first kappa shape index (κ1) is 21.1. The van der Waals surface area contributed by atoms with Crippen LogP contribution in [0, 0.1) is 5.92 Å². The van der Waals surface area contributed by atoms with Gasteiger partial charge in [0.05, 0.1) is 6.04 Å². The monoisotopic (exact) mass is 393 g/mol. The van der Waals surface area contributed by atoms with Gasteiger partial charge in [-0.25, -0.2) is 0 Å². The molecule has 1 heterocycles. The van der Waals surface area contributed by atoms with Crippen molar-refractivity contribution in [1.29, 1.82) is 0 Å². The van der Waals surface area contributed by atoms with Gasteiger partial charge in [-0.1, -0.05) is 48.5 Å². The van der Waals surface area contributed by atoms with Crippen LogP contribution in [0.4, 0.5) is 5.69 Å². The molecule has 2 amide bonds. The van der Waals surface area contributed by atoms with Crippen molar-refractivity contribution in [3.05, 3.63) is 65.7 Å². The number of piperidine rings is 1. The maximum atomic E-state index is 12.9. The van der Waals surface area contributed by atoms with Gasteiger partial charge in [-0.2, -0.15) is 0 Å². The summed E-state index contributed by atoms with van der Waals surface area (Å²) in [5, 5.41) is 6.03. The van der Waals surface area contributed by atoms with E-state index in [9.17, 15) is 9.59 Å². The largest absolute Gasteiger partial charge is 0.356 e. The fourth-order valence-electron chi connectivity index (χ4n) is 3.88. The van der Waals surface area contributed by atoms with E-state index in [1.165, 1.54) is 5.56 Å². The number of carbonyl (C=O) groups excluding carboxylic acids is 2. The average Bonchev–Trinajstić information content (AvgIpc) is 2.75. The van der Waals surface area contributed by atoms with Crippen LogP contribution in [0.25, 0.3) is 0 Å². The lowest BCUT2D eigenvalue weighted by atomic mass is 9.95. The normalized spacial score (nSPS) is 16.2. The molecule has 0 aliphatic carbocycles. The Morgan fingerprint density at radius 1 is 1.03 bits per heavy atom. The summed E-state index contributed by atoms with van der Waals surface area (Å²) in [6.07, 6.45) is 2.38. The minimum absolute atomic E-state index is 0.00183. The highest BCUT2D eigenvalue weighted by Crippen LogP contribution is 2.22. The Morgan fingerprint density at radius 3 is 2.38 bits per heavy atom. The van der Waals surface area contributed by atoms with Gasteiger partial charge in [-0.15, -0.1) is 0 Å².